The van der Waals surface area contributed by atoms with Crippen LogP contribution in [-0.2, 0) is 12.7 Å². The van der Waals surface area contributed by atoms with E-state index in [4.69, 9.17) is 4.42 Å². The van der Waals surface area contributed by atoms with E-state index >= 15 is 0 Å². The summed E-state index contributed by atoms with van der Waals surface area (Å²) in [6, 6.07) is 15.2. The van der Waals surface area contributed by atoms with Crippen molar-refractivity contribution in [1.29, 1.82) is 0 Å². The van der Waals surface area contributed by atoms with E-state index in [9.17, 15) is 18.0 Å². The van der Waals surface area contributed by atoms with Gasteiger partial charge in [-0.3, -0.25) is 10.1 Å². The summed E-state index contributed by atoms with van der Waals surface area (Å²) in [7, 11) is 0. The van der Waals surface area contributed by atoms with Crippen LogP contribution < -0.4 is 5.32 Å². The Morgan fingerprint density at radius 1 is 1.07 bits per heavy atom. The van der Waals surface area contributed by atoms with Gasteiger partial charge in [0.2, 0.25) is 5.95 Å². The number of halogens is 3. The first-order valence-corrected chi connectivity index (χ1v) is 8.38. The van der Waals surface area contributed by atoms with Crippen LogP contribution in [0.15, 0.2) is 71.3 Å². The topological polar surface area (TPSA) is 60.1 Å². The van der Waals surface area contributed by atoms with Crippen LogP contribution >= 0.6 is 0 Å². The number of benzene rings is 2. The molecule has 2 aromatic heterocycles. The molecule has 8 heteroatoms. The predicted molar refractivity (Wildman–Crippen MR) is 96.9 cm³/mol. The van der Waals surface area contributed by atoms with E-state index in [2.05, 4.69) is 10.3 Å². The average Bonchev–Trinajstić information content (AvgIpc) is 3.30. The molecule has 28 heavy (non-hydrogen) atoms. The van der Waals surface area contributed by atoms with Gasteiger partial charge in [-0.05, 0) is 42.5 Å². The number of imidazole rings is 1. The van der Waals surface area contributed by atoms with E-state index in [0.717, 1.165) is 12.1 Å². The van der Waals surface area contributed by atoms with Crippen LogP contribution in [0, 0.1) is 0 Å². The Morgan fingerprint density at radius 2 is 1.86 bits per heavy atom. The zero-order chi connectivity index (χ0) is 19.7. The van der Waals surface area contributed by atoms with Crippen LogP contribution in [-0.4, -0.2) is 15.5 Å². The molecule has 0 aliphatic rings. The molecule has 0 fully saturated rings. The minimum atomic E-state index is -4.48. The number of amides is 1. The molecule has 0 aliphatic heterocycles. The Kier molecular flexibility index (Phi) is 4.38. The molecule has 4 aromatic rings. The Morgan fingerprint density at radius 3 is 2.54 bits per heavy atom. The number of rotatable bonds is 4. The van der Waals surface area contributed by atoms with Crippen LogP contribution in [0.2, 0.25) is 0 Å². The second kappa shape index (κ2) is 6.88. The normalized spacial score (nSPS) is 11.7. The second-order valence-electron chi connectivity index (χ2n) is 6.12. The third-order valence-corrected chi connectivity index (χ3v) is 4.23. The zero-order valence-electron chi connectivity index (χ0n) is 14.4. The molecular formula is C20H14F3N3O2. The van der Waals surface area contributed by atoms with Crippen molar-refractivity contribution in [2.75, 3.05) is 5.32 Å². The van der Waals surface area contributed by atoms with Crippen LogP contribution in [0.1, 0.15) is 21.7 Å². The van der Waals surface area contributed by atoms with E-state index in [1.165, 1.54) is 12.3 Å². The largest absolute Gasteiger partial charge is 0.467 e. The van der Waals surface area contributed by atoms with Gasteiger partial charge in [0.15, 0.2) is 0 Å². The first-order valence-electron chi connectivity index (χ1n) is 8.38. The van der Waals surface area contributed by atoms with Crippen molar-refractivity contribution >= 4 is 22.9 Å². The van der Waals surface area contributed by atoms with Gasteiger partial charge in [-0.15, -0.1) is 0 Å². The van der Waals surface area contributed by atoms with E-state index in [1.54, 1.807) is 47.0 Å². The Bertz CT molecular complexity index is 1120. The molecular weight excluding hydrogens is 371 g/mol. The summed E-state index contributed by atoms with van der Waals surface area (Å²) in [4.78, 5) is 16.7. The minimum absolute atomic E-state index is 0.129. The van der Waals surface area contributed by atoms with E-state index < -0.39 is 17.6 Å². The fourth-order valence-electron chi connectivity index (χ4n) is 2.88. The summed E-state index contributed by atoms with van der Waals surface area (Å²) in [6.45, 7) is 0.208. The number of carbonyl (C=O) groups excluding carboxylic acids is 1. The van der Waals surface area contributed by atoms with Crippen molar-refractivity contribution in [3.63, 3.8) is 0 Å². The summed E-state index contributed by atoms with van der Waals surface area (Å²) >= 11 is 0. The molecule has 5 nitrogen and oxygen atoms in total. The molecule has 0 saturated carbocycles. The zero-order valence-corrected chi connectivity index (χ0v) is 14.4. The average molecular weight is 385 g/mol. The first kappa shape index (κ1) is 17.8. The van der Waals surface area contributed by atoms with Crippen LogP contribution in [0.5, 0.6) is 0 Å². The van der Waals surface area contributed by atoms with E-state index in [-0.39, 0.29) is 18.0 Å². The molecule has 2 heterocycles. The summed E-state index contributed by atoms with van der Waals surface area (Å²) in [6.07, 6.45) is -2.98. The molecule has 0 aliphatic carbocycles. The number of aromatic nitrogens is 2. The highest BCUT2D eigenvalue weighted by atomic mass is 19.4. The lowest BCUT2D eigenvalue weighted by Crippen LogP contribution is -2.16. The summed E-state index contributed by atoms with van der Waals surface area (Å²) in [5, 5.41) is 2.68. The number of nitrogens with zero attached hydrogens (tertiary/aromatic N) is 2. The maximum atomic E-state index is 13.0. The van der Waals surface area contributed by atoms with Gasteiger partial charge in [0, 0.05) is 5.56 Å². The smallest absolute Gasteiger partial charge is 0.416 e. The van der Waals surface area contributed by atoms with Gasteiger partial charge in [-0.2, -0.15) is 13.2 Å². The molecule has 142 valence electrons. The molecule has 1 N–H and O–H groups in total. The fourth-order valence-corrected chi connectivity index (χ4v) is 2.88. The lowest BCUT2D eigenvalue weighted by atomic mass is 10.2. The lowest BCUT2D eigenvalue weighted by molar-refractivity contribution is -0.137. The van der Waals surface area contributed by atoms with Gasteiger partial charge < -0.3 is 8.98 Å². The molecule has 0 saturated heterocycles. The van der Waals surface area contributed by atoms with Crippen molar-refractivity contribution in [3.05, 3.63) is 83.8 Å². The maximum absolute atomic E-state index is 13.0. The van der Waals surface area contributed by atoms with E-state index in [1.807, 2.05) is 0 Å². The number of alkyl halides is 3. The predicted octanol–water partition coefficient (Wildman–Crippen LogP) is 4.95. The van der Waals surface area contributed by atoms with Crippen molar-refractivity contribution < 1.29 is 22.4 Å². The van der Waals surface area contributed by atoms with Gasteiger partial charge in [0.05, 0.1) is 29.4 Å². The van der Waals surface area contributed by atoms with Gasteiger partial charge in [0.25, 0.3) is 5.91 Å². The third-order valence-electron chi connectivity index (χ3n) is 4.23. The minimum Gasteiger partial charge on any atom is -0.467 e. The summed E-state index contributed by atoms with van der Waals surface area (Å²) in [5.41, 5.74) is 0.191. The van der Waals surface area contributed by atoms with Gasteiger partial charge in [-0.1, -0.05) is 18.2 Å². The number of fused-ring (bicyclic) bond motifs is 1. The molecule has 0 radical (unpaired) electrons. The number of carbonyl (C=O) groups is 1. The van der Waals surface area contributed by atoms with Crippen molar-refractivity contribution in [2.24, 2.45) is 0 Å². The summed E-state index contributed by atoms with van der Waals surface area (Å²) in [5.74, 6) is 0.307. The fraction of sp³-hybridized carbons (Fsp3) is 0.100. The Labute approximate surface area is 157 Å². The first-order chi connectivity index (χ1) is 13.4. The highest BCUT2D eigenvalue weighted by Crippen LogP contribution is 2.32. The lowest BCUT2D eigenvalue weighted by Gasteiger charge is -2.09. The Balaban J connectivity index is 1.77. The van der Waals surface area contributed by atoms with Crippen molar-refractivity contribution in [3.8, 4) is 0 Å². The number of hydrogen-bond acceptors (Lipinski definition) is 3. The number of furan rings is 1. The molecule has 0 atom stereocenters. The standard InChI is InChI=1S/C20H14F3N3O2/c21-20(22,23)14-8-9-17-16(11-14)24-19(26(17)12-15-7-4-10-28-15)25-18(27)13-5-2-1-3-6-13/h1-11H,12H2,(H,24,25,27). The van der Waals surface area contributed by atoms with Crippen LogP contribution in [0.25, 0.3) is 11.0 Å². The number of hydrogen-bond donors (Lipinski definition) is 1. The summed E-state index contributed by atoms with van der Waals surface area (Å²) < 4.78 is 46.1. The Hall–Kier alpha value is -3.55. The van der Waals surface area contributed by atoms with Gasteiger partial charge in [-0.25, -0.2) is 4.98 Å². The van der Waals surface area contributed by atoms with Crippen molar-refractivity contribution in [2.45, 2.75) is 12.7 Å². The highest BCUT2D eigenvalue weighted by molar-refractivity contribution is 6.04. The maximum Gasteiger partial charge on any atom is 0.416 e. The molecule has 1 amide bonds. The van der Waals surface area contributed by atoms with Crippen molar-refractivity contribution in [1.82, 2.24) is 9.55 Å². The number of anilines is 1. The SMILES string of the molecule is O=C(Nc1nc2cc(C(F)(F)F)ccc2n1Cc1ccco1)c1ccccc1. The molecule has 0 spiro atoms. The molecule has 0 unspecified atom stereocenters. The highest BCUT2D eigenvalue weighted by Gasteiger charge is 2.31. The van der Waals surface area contributed by atoms with Crippen LogP contribution in [0.3, 0.4) is 0 Å². The van der Waals surface area contributed by atoms with Gasteiger partial charge >= 0.3 is 6.18 Å². The van der Waals surface area contributed by atoms with E-state index in [0.29, 0.717) is 16.8 Å². The molecule has 0 bridgehead atoms. The quantitative estimate of drug-likeness (QED) is 0.541. The second-order valence-corrected chi connectivity index (χ2v) is 6.12. The van der Waals surface area contributed by atoms with Crippen LogP contribution in [0.4, 0.5) is 19.1 Å². The monoisotopic (exact) mass is 385 g/mol. The van der Waals surface area contributed by atoms with Gasteiger partial charge in [0.1, 0.15) is 5.76 Å². The molecule has 4 rings (SSSR count). The molecule has 2 aromatic carbocycles. The number of nitrogens with one attached hydrogen (secondary N) is 1. The third kappa shape index (κ3) is 3.48.